The first-order chi connectivity index (χ1) is 23.8. The Hall–Kier alpha value is -6.38. The van der Waals surface area contributed by atoms with Crippen LogP contribution in [0, 0.1) is 0 Å². The summed E-state index contributed by atoms with van der Waals surface area (Å²) in [6, 6.07) is 66.1. The number of fused-ring (bicyclic) bond motifs is 9. The normalized spacial score (nSPS) is 11.8. The second-order valence-corrected chi connectivity index (χ2v) is 12.6. The highest BCUT2D eigenvalue weighted by Gasteiger charge is 2.22. The van der Waals surface area contributed by atoms with Crippen LogP contribution >= 0.6 is 0 Å². The summed E-state index contributed by atoms with van der Waals surface area (Å²) < 4.78 is 4.96. The molecule has 2 heteroatoms. The lowest BCUT2D eigenvalue weighted by Crippen LogP contribution is -1.99. The van der Waals surface area contributed by atoms with E-state index in [0.717, 1.165) is 11.4 Å². The lowest BCUT2D eigenvalue weighted by molar-refractivity contribution is 1.15. The molecule has 0 aliphatic carbocycles. The summed E-state index contributed by atoms with van der Waals surface area (Å²) in [6.45, 7) is 0. The van der Waals surface area contributed by atoms with Crippen LogP contribution in [0.4, 0.5) is 0 Å². The van der Waals surface area contributed by atoms with Gasteiger partial charge < -0.3 is 9.13 Å². The maximum atomic E-state index is 2.48. The highest BCUT2D eigenvalue weighted by molar-refractivity contribution is 6.28. The summed E-state index contributed by atoms with van der Waals surface area (Å²) in [7, 11) is 0. The van der Waals surface area contributed by atoms with E-state index in [1.54, 1.807) is 0 Å². The van der Waals surface area contributed by atoms with E-state index in [9.17, 15) is 0 Å². The molecule has 0 radical (unpaired) electrons. The fourth-order valence-corrected chi connectivity index (χ4v) is 7.77. The van der Waals surface area contributed by atoms with Crippen LogP contribution in [0.2, 0.25) is 0 Å². The van der Waals surface area contributed by atoms with Crippen molar-refractivity contribution in [2.45, 2.75) is 0 Å². The van der Waals surface area contributed by atoms with Gasteiger partial charge in [0.25, 0.3) is 0 Å². The standard InChI is InChI=1S/C46H30N2/c1-3-13-31(14-4-1)33-16-11-17-34(29-33)35-18-12-21-37(30-35)48-42-24-10-9-23-39(42)40-26-27-41-44-38-22-8-7-15-32(38)25-28-43(44)47(46(41)45(40)48)36-19-5-2-6-20-36/h1-30H. The van der Waals surface area contributed by atoms with Crippen molar-refractivity contribution in [1.29, 1.82) is 0 Å². The largest absolute Gasteiger partial charge is 0.307 e. The Bertz CT molecular complexity index is 2820. The Morgan fingerprint density at radius 2 is 0.854 bits per heavy atom. The van der Waals surface area contributed by atoms with E-state index in [4.69, 9.17) is 0 Å². The molecule has 0 saturated carbocycles. The number of rotatable bonds is 4. The minimum Gasteiger partial charge on any atom is -0.307 e. The molecule has 0 bridgehead atoms. The molecule has 10 rings (SSSR count). The molecule has 8 aromatic carbocycles. The zero-order valence-electron chi connectivity index (χ0n) is 26.2. The van der Waals surface area contributed by atoms with Crippen LogP contribution in [0.25, 0.3) is 88.0 Å². The van der Waals surface area contributed by atoms with Crippen molar-refractivity contribution in [1.82, 2.24) is 9.13 Å². The monoisotopic (exact) mass is 610 g/mol. The molecule has 0 spiro atoms. The van der Waals surface area contributed by atoms with Crippen LogP contribution in [0.1, 0.15) is 0 Å². The van der Waals surface area contributed by atoms with Crippen LogP contribution in [0.5, 0.6) is 0 Å². The van der Waals surface area contributed by atoms with Gasteiger partial charge in [-0.15, -0.1) is 0 Å². The van der Waals surface area contributed by atoms with E-state index >= 15 is 0 Å². The van der Waals surface area contributed by atoms with Crippen molar-refractivity contribution in [3.05, 3.63) is 182 Å². The van der Waals surface area contributed by atoms with Gasteiger partial charge in [0.1, 0.15) is 0 Å². The summed E-state index contributed by atoms with van der Waals surface area (Å²) in [4.78, 5) is 0. The second kappa shape index (κ2) is 10.6. The number of hydrogen-bond acceptors (Lipinski definition) is 0. The van der Waals surface area contributed by atoms with E-state index < -0.39 is 0 Å². The predicted molar refractivity (Wildman–Crippen MR) is 203 cm³/mol. The minimum absolute atomic E-state index is 1.14. The molecule has 2 heterocycles. The van der Waals surface area contributed by atoms with Gasteiger partial charge in [-0.25, -0.2) is 0 Å². The Labute approximate surface area is 278 Å². The molecule has 0 fully saturated rings. The number of benzene rings is 8. The van der Waals surface area contributed by atoms with Gasteiger partial charge in [-0.1, -0.05) is 140 Å². The first kappa shape index (κ1) is 26.8. The quantitative estimate of drug-likeness (QED) is 0.188. The predicted octanol–water partition coefficient (Wildman–Crippen LogP) is 12.4. The SMILES string of the molecule is c1ccc(-c2cccc(-c3cccc(-n4c5ccccc5c5ccc6c7c8ccccc8ccc7n(-c7ccccc7)c6c54)c3)c2)cc1. The summed E-state index contributed by atoms with van der Waals surface area (Å²) in [6.07, 6.45) is 0. The molecule has 10 aromatic rings. The lowest BCUT2D eigenvalue weighted by Gasteiger charge is -2.14. The van der Waals surface area contributed by atoms with Crippen molar-refractivity contribution in [3.63, 3.8) is 0 Å². The Balaban J connectivity index is 1.32. The van der Waals surface area contributed by atoms with Gasteiger partial charge in [-0.3, -0.25) is 0 Å². The molecule has 224 valence electrons. The van der Waals surface area contributed by atoms with Crippen LogP contribution < -0.4 is 0 Å². The zero-order chi connectivity index (χ0) is 31.6. The van der Waals surface area contributed by atoms with Crippen molar-refractivity contribution in [2.24, 2.45) is 0 Å². The van der Waals surface area contributed by atoms with Gasteiger partial charge in [-0.05, 0) is 75.5 Å². The molecule has 0 aliphatic rings. The minimum atomic E-state index is 1.14. The van der Waals surface area contributed by atoms with Gasteiger partial charge in [0.05, 0.1) is 22.1 Å². The summed E-state index contributed by atoms with van der Waals surface area (Å²) >= 11 is 0. The van der Waals surface area contributed by atoms with Crippen LogP contribution in [-0.2, 0) is 0 Å². The average Bonchev–Trinajstić information content (AvgIpc) is 3.69. The number of nitrogens with zero attached hydrogens (tertiary/aromatic N) is 2. The molecule has 0 amide bonds. The maximum Gasteiger partial charge on any atom is 0.0789 e. The smallest absolute Gasteiger partial charge is 0.0789 e. The summed E-state index contributed by atoms with van der Waals surface area (Å²) in [5.74, 6) is 0. The average molecular weight is 611 g/mol. The highest BCUT2D eigenvalue weighted by Crippen LogP contribution is 2.43. The van der Waals surface area contributed by atoms with Crippen molar-refractivity contribution < 1.29 is 0 Å². The first-order valence-electron chi connectivity index (χ1n) is 16.5. The third kappa shape index (κ3) is 4.00. The molecule has 0 aliphatic heterocycles. The molecular formula is C46H30N2. The number of hydrogen-bond donors (Lipinski definition) is 0. The van der Waals surface area contributed by atoms with Gasteiger partial charge in [0.2, 0.25) is 0 Å². The Morgan fingerprint density at radius 1 is 0.292 bits per heavy atom. The maximum absolute atomic E-state index is 2.48. The van der Waals surface area contributed by atoms with E-state index in [1.807, 2.05) is 0 Å². The third-order valence-corrected chi connectivity index (χ3v) is 9.87. The molecule has 48 heavy (non-hydrogen) atoms. The van der Waals surface area contributed by atoms with E-state index in [1.165, 1.54) is 76.6 Å². The second-order valence-electron chi connectivity index (χ2n) is 12.6. The molecule has 0 saturated heterocycles. The van der Waals surface area contributed by atoms with Crippen LogP contribution in [0.3, 0.4) is 0 Å². The van der Waals surface area contributed by atoms with Crippen LogP contribution in [0.15, 0.2) is 182 Å². The summed E-state index contributed by atoms with van der Waals surface area (Å²) in [5.41, 5.74) is 12.0. The van der Waals surface area contributed by atoms with E-state index in [-0.39, 0.29) is 0 Å². The van der Waals surface area contributed by atoms with Crippen LogP contribution in [-0.4, -0.2) is 9.13 Å². The summed E-state index contributed by atoms with van der Waals surface area (Å²) in [5, 5.41) is 7.57. The topological polar surface area (TPSA) is 9.86 Å². The van der Waals surface area contributed by atoms with Gasteiger partial charge in [0, 0.05) is 32.9 Å². The fourth-order valence-electron chi connectivity index (χ4n) is 7.77. The molecule has 0 atom stereocenters. The molecule has 0 unspecified atom stereocenters. The molecule has 2 aromatic heterocycles. The molecular weight excluding hydrogens is 581 g/mol. The highest BCUT2D eigenvalue weighted by atomic mass is 15.0. The Morgan fingerprint density at radius 3 is 1.69 bits per heavy atom. The first-order valence-corrected chi connectivity index (χ1v) is 16.5. The van der Waals surface area contributed by atoms with Gasteiger partial charge in [-0.2, -0.15) is 0 Å². The number of para-hydroxylation sites is 2. The van der Waals surface area contributed by atoms with Crippen molar-refractivity contribution in [3.8, 4) is 33.6 Å². The van der Waals surface area contributed by atoms with Gasteiger partial charge >= 0.3 is 0 Å². The Kier molecular flexibility index (Phi) is 5.91. The number of aromatic nitrogens is 2. The van der Waals surface area contributed by atoms with Crippen molar-refractivity contribution in [2.75, 3.05) is 0 Å². The van der Waals surface area contributed by atoms with Gasteiger partial charge in [0.15, 0.2) is 0 Å². The molecule has 2 nitrogen and oxygen atoms in total. The zero-order valence-corrected chi connectivity index (χ0v) is 26.2. The molecule has 0 N–H and O–H groups in total. The lowest BCUT2D eigenvalue weighted by atomic mass is 9.99. The fraction of sp³-hybridized carbons (Fsp3) is 0. The van der Waals surface area contributed by atoms with Crippen molar-refractivity contribution >= 4 is 54.4 Å². The van der Waals surface area contributed by atoms with E-state index in [2.05, 4.69) is 191 Å². The third-order valence-electron chi connectivity index (χ3n) is 9.87. The van der Waals surface area contributed by atoms with E-state index in [0.29, 0.717) is 0 Å².